The number of carbonyl (C=O) groups is 1. The molecule has 0 aromatic carbocycles. The Labute approximate surface area is 137 Å². The first-order valence-corrected chi connectivity index (χ1v) is 8.63. The molecule has 0 radical (unpaired) electrons. The molecule has 3 rings (SSSR count). The molecular weight excluding hydrogens is 292 g/mol. The normalized spacial score (nSPS) is 18.0. The first-order chi connectivity index (χ1) is 11.0. The lowest BCUT2D eigenvalue weighted by molar-refractivity contribution is -0.109. The molecule has 0 unspecified atom stereocenters. The lowest BCUT2D eigenvalue weighted by atomic mass is 9.89. The molecule has 0 aliphatic heterocycles. The van der Waals surface area contributed by atoms with Gasteiger partial charge in [0.05, 0.1) is 5.69 Å². The number of nitrogens with zero attached hydrogens (tertiary/aromatic N) is 1. The van der Waals surface area contributed by atoms with Gasteiger partial charge >= 0.3 is 0 Å². The van der Waals surface area contributed by atoms with E-state index in [-0.39, 0.29) is 11.2 Å². The summed E-state index contributed by atoms with van der Waals surface area (Å²) in [6.45, 7) is 4.59. The topological polar surface area (TPSA) is 71.3 Å². The van der Waals surface area contributed by atoms with Crippen molar-refractivity contribution < 1.29 is 9.90 Å². The maximum absolute atomic E-state index is 11.2. The number of carbonyl (C=O) groups excluding carboxylic acids is 1. The largest absolute Gasteiger partial charge is 0.503 e. The summed E-state index contributed by atoms with van der Waals surface area (Å²) < 4.78 is 2.05. The average molecular weight is 320 g/mol. The van der Waals surface area contributed by atoms with E-state index in [9.17, 15) is 14.7 Å². The van der Waals surface area contributed by atoms with Crippen molar-refractivity contribution >= 4 is 6.41 Å². The number of hydrogen-bond donors (Lipinski definition) is 2. The summed E-state index contributed by atoms with van der Waals surface area (Å²) >= 11 is 0. The summed E-state index contributed by atoms with van der Waals surface area (Å²) in [5.74, 6) is 0.663. The van der Waals surface area contributed by atoms with Crippen molar-refractivity contribution in [3.63, 3.8) is 0 Å². The van der Waals surface area contributed by atoms with Gasteiger partial charge in [0.1, 0.15) is 0 Å². The fourth-order valence-electron chi connectivity index (χ4n) is 3.39. The molecule has 0 atom stereocenters. The number of hydrogen-bond acceptors (Lipinski definition) is 3. The Morgan fingerprint density at radius 2 is 1.87 bits per heavy atom. The van der Waals surface area contributed by atoms with Crippen molar-refractivity contribution in [3.8, 4) is 5.75 Å². The van der Waals surface area contributed by atoms with Gasteiger partial charge in [-0.05, 0) is 45.4 Å². The maximum Gasteiger partial charge on any atom is 0.223 e. The van der Waals surface area contributed by atoms with Crippen molar-refractivity contribution in [2.75, 3.05) is 6.54 Å². The van der Waals surface area contributed by atoms with Crippen molar-refractivity contribution in [1.29, 1.82) is 0 Å². The third-order valence-corrected chi connectivity index (χ3v) is 4.78. The molecule has 23 heavy (non-hydrogen) atoms. The minimum atomic E-state index is -0.271. The van der Waals surface area contributed by atoms with E-state index in [1.54, 1.807) is 6.92 Å². The Balaban J connectivity index is 0.000000174. The zero-order valence-electron chi connectivity index (χ0n) is 14.2. The highest BCUT2D eigenvalue weighted by molar-refractivity contribution is 5.45. The molecule has 2 saturated carbocycles. The number of aromatic hydroxyl groups is 1. The molecule has 2 aliphatic carbocycles. The van der Waals surface area contributed by atoms with Crippen LogP contribution in [0, 0.1) is 19.8 Å². The predicted octanol–water partition coefficient (Wildman–Crippen LogP) is 2.82. The molecule has 5 nitrogen and oxygen atoms in total. The molecule has 2 fully saturated rings. The van der Waals surface area contributed by atoms with Gasteiger partial charge in [0.15, 0.2) is 5.75 Å². The van der Waals surface area contributed by atoms with Crippen molar-refractivity contribution in [2.24, 2.45) is 5.92 Å². The molecule has 2 N–H and O–H groups in total. The molecule has 0 bridgehead atoms. The van der Waals surface area contributed by atoms with E-state index in [1.807, 2.05) is 6.92 Å². The highest BCUT2D eigenvalue weighted by Crippen LogP contribution is 2.37. The number of rotatable bonds is 4. The Morgan fingerprint density at radius 3 is 2.43 bits per heavy atom. The van der Waals surface area contributed by atoms with Gasteiger partial charge in [-0.2, -0.15) is 0 Å². The molecule has 1 aromatic rings. The van der Waals surface area contributed by atoms with Crippen molar-refractivity contribution in [3.05, 3.63) is 27.7 Å². The molecule has 128 valence electrons. The summed E-state index contributed by atoms with van der Waals surface area (Å²) in [7, 11) is 0. The van der Waals surface area contributed by atoms with Crippen LogP contribution in [0.1, 0.15) is 62.4 Å². The lowest BCUT2D eigenvalue weighted by Gasteiger charge is -2.20. The van der Waals surface area contributed by atoms with Gasteiger partial charge in [0.25, 0.3) is 0 Å². The fraction of sp³-hybridized carbons (Fsp3) is 0.667. The molecule has 1 amide bonds. The maximum atomic E-state index is 11.2. The van der Waals surface area contributed by atoms with Crippen LogP contribution in [-0.4, -0.2) is 22.6 Å². The SMILES string of the molecule is Cc1cc(=O)c(O)c(C)n1C1CC1.O=CNCC1CCCCC1. The van der Waals surface area contributed by atoms with Gasteiger partial charge in [0.2, 0.25) is 11.8 Å². The van der Waals surface area contributed by atoms with Crippen LogP contribution in [0.4, 0.5) is 0 Å². The van der Waals surface area contributed by atoms with Crippen LogP contribution in [0.2, 0.25) is 0 Å². The Kier molecular flexibility index (Phi) is 6.25. The Bertz CT molecular complexity index is 585. The minimum absolute atomic E-state index is 0.0995. The van der Waals surface area contributed by atoms with Gasteiger partial charge < -0.3 is 15.0 Å². The fourth-order valence-corrected chi connectivity index (χ4v) is 3.39. The van der Waals surface area contributed by atoms with E-state index in [4.69, 9.17) is 0 Å². The van der Waals surface area contributed by atoms with Gasteiger partial charge in [-0.3, -0.25) is 9.59 Å². The van der Waals surface area contributed by atoms with E-state index in [0.717, 1.165) is 37.4 Å². The first kappa shape index (κ1) is 17.6. The number of nitrogens with one attached hydrogen (secondary N) is 1. The highest BCUT2D eigenvalue weighted by atomic mass is 16.3. The molecular formula is C18H28N2O3. The number of aromatic nitrogens is 1. The summed E-state index contributed by atoms with van der Waals surface area (Å²) in [6.07, 6.45) is 9.82. The minimum Gasteiger partial charge on any atom is -0.503 e. The lowest BCUT2D eigenvalue weighted by Crippen LogP contribution is -2.22. The van der Waals surface area contributed by atoms with Gasteiger partial charge in [0, 0.05) is 24.3 Å². The van der Waals surface area contributed by atoms with E-state index < -0.39 is 0 Å². The summed E-state index contributed by atoms with van der Waals surface area (Å²) in [5.41, 5.74) is 1.38. The Morgan fingerprint density at radius 1 is 1.22 bits per heavy atom. The molecule has 2 aliphatic rings. The zero-order valence-corrected chi connectivity index (χ0v) is 14.2. The van der Waals surface area contributed by atoms with Crippen molar-refractivity contribution in [2.45, 2.75) is 64.8 Å². The molecule has 5 heteroatoms. The monoisotopic (exact) mass is 320 g/mol. The summed E-state index contributed by atoms with van der Waals surface area (Å²) in [5, 5.41) is 12.2. The zero-order chi connectivity index (χ0) is 16.8. The third-order valence-electron chi connectivity index (χ3n) is 4.78. The summed E-state index contributed by atoms with van der Waals surface area (Å²) in [4.78, 5) is 21.1. The van der Waals surface area contributed by atoms with Crippen LogP contribution in [0.25, 0.3) is 0 Å². The molecule has 1 aromatic heterocycles. The van der Waals surface area contributed by atoms with E-state index >= 15 is 0 Å². The highest BCUT2D eigenvalue weighted by Gasteiger charge is 2.26. The number of aryl methyl sites for hydroxylation is 1. The van der Waals surface area contributed by atoms with Gasteiger partial charge in [-0.25, -0.2) is 0 Å². The van der Waals surface area contributed by atoms with Crippen LogP contribution >= 0.6 is 0 Å². The molecule has 0 saturated heterocycles. The molecule has 0 spiro atoms. The Hall–Kier alpha value is -1.78. The van der Waals surface area contributed by atoms with Crippen LogP contribution < -0.4 is 10.7 Å². The van der Waals surface area contributed by atoms with Crippen LogP contribution in [0.3, 0.4) is 0 Å². The first-order valence-electron chi connectivity index (χ1n) is 8.63. The van der Waals surface area contributed by atoms with E-state index in [0.29, 0.717) is 11.7 Å². The second-order valence-electron chi connectivity index (χ2n) is 6.72. The van der Waals surface area contributed by atoms with Gasteiger partial charge in [-0.15, -0.1) is 0 Å². The van der Waals surface area contributed by atoms with Crippen LogP contribution in [-0.2, 0) is 4.79 Å². The van der Waals surface area contributed by atoms with Crippen molar-refractivity contribution in [1.82, 2.24) is 9.88 Å². The number of pyridine rings is 1. The smallest absolute Gasteiger partial charge is 0.223 e. The second kappa shape index (κ2) is 8.18. The average Bonchev–Trinajstić information content (AvgIpc) is 3.37. The van der Waals surface area contributed by atoms with Crippen LogP contribution in [0.15, 0.2) is 10.9 Å². The number of amides is 1. The third kappa shape index (κ3) is 4.85. The standard InChI is InChI=1S/C10H13NO2.C8H15NO/c1-6-5-9(12)10(13)7(2)11(6)8-3-4-8;10-7-9-6-8-4-2-1-3-5-8/h5,8,13H,3-4H2,1-2H3;7-8H,1-6H2,(H,9,10). The molecule has 1 heterocycles. The second-order valence-corrected chi connectivity index (χ2v) is 6.72. The van der Waals surface area contributed by atoms with Gasteiger partial charge in [-0.1, -0.05) is 19.3 Å². The summed E-state index contributed by atoms with van der Waals surface area (Å²) in [6, 6.07) is 2.01. The van der Waals surface area contributed by atoms with E-state index in [1.165, 1.54) is 38.2 Å². The quantitative estimate of drug-likeness (QED) is 0.838. The predicted molar refractivity (Wildman–Crippen MR) is 90.8 cm³/mol. The van der Waals surface area contributed by atoms with Crippen LogP contribution in [0.5, 0.6) is 5.75 Å². The van der Waals surface area contributed by atoms with E-state index in [2.05, 4.69) is 9.88 Å².